The van der Waals surface area contributed by atoms with Crippen molar-refractivity contribution in [3.05, 3.63) is 64.8 Å². The molecule has 0 radical (unpaired) electrons. The number of aryl methyl sites for hydroxylation is 4. The van der Waals surface area contributed by atoms with Crippen LogP contribution in [0, 0.1) is 12.7 Å². The predicted octanol–water partition coefficient (Wildman–Crippen LogP) is 3.80. The van der Waals surface area contributed by atoms with Crippen molar-refractivity contribution in [3.8, 4) is 17.1 Å². The molecule has 0 saturated carbocycles. The van der Waals surface area contributed by atoms with E-state index >= 15 is 0 Å². The Kier molecular flexibility index (Phi) is 6.07. The molecule has 0 spiro atoms. The van der Waals surface area contributed by atoms with Gasteiger partial charge in [-0.05, 0) is 61.1 Å². The van der Waals surface area contributed by atoms with Crippen LogP contribution in [-0.2, 0) is 24.1 Å². The fourth-order valence-corrected chi connectivity index (χ4v) is 3.51. The molecule has 156 valence electrons. The normalized spacial score (nSPS) is 12.6. The van der Waals surface area contributed by atoms with E-state index in [1.807, 2.05) is 6.07 Å². The first-order chi connectivity index (χ1) is 14.6. The number of halogens is 1. The molecule has 4 rings (SSSR count). The standard InChI is InChI=1S/C23H24FN3O3/c1-15-5-6-18(14-20(15)24)23-26-22(30-27-23)10-9-21(28)25-11-12-29-19-8-7-16-3-2-4-17(16)13-19/h5-8,13-14H,2-4,9-12H2,1H3,(H,25,28). The molecule has 0 saturated heterocycles. The third-order valence-electron chi connectivity index (χ3n) is 5.23. The van der Waals surface area contributed by atoms with Crippen LogP contribution in [0.5, 0.6) is 5.75 Å². The van der Waals surface area contributed by atoms with Crippen molar-refractivity contribution in [1.82, 2.24) is 15.5 Å². The number of amides is 1. The van der Waals surface area contributed by atoms with E-state index in [0.717, 1.165) is 18.6 Å². The number of hydrogen-bond donors (Lipinski definition) is 1. The first-order valence-electron chi connectivity index (χ1n) is 10.2. The van der Waals surface area contributed by atoms with E-state index in [1.54, 1.807) is 19.1 Å². The van der Waals surface area contributed by atoms with Crippen LogP contribution < -0.4 is 10.1 Å². The Morgan fingerprint density at radius 1 is 1.20 bits per heavy atom. The second kappa shape index (κ2) is 9.07. The quantitative estimate of drug-likeness (QED) is 0.573. The zero-order chi connectivity index (χ0) is 20.9. The minimum absolute atomic E-state index is 0.117. The number of nitrogens with zero attached hydrogens (tertiary/aromatic N) is 2. The molecule has 6 nitrogen and oxygen atoms in total. The first kappa shape index (κ1) is 20.1. The summed E-state index contributed by atoms with van der Waals surface area (Å²) in [5.74, 6) is 1.06. The maximum Gasteiger partial charge on any atom is 0.227 e. The summed E-state index contributed by atoms with van der Waals surface area (Å²) in [7, 11) is 0. The van der Waals surface area contributed by atoms with E-state index in [4.69, 9.17) is 9.26 Å². The van der Waals surface area contributed by atoms with Crippen LogP contribution in [0.25, 0.3) is 11.4 Å². The maximum absolute atomic E-state index is 13.7. The molecular formula is C23H24FN3O3. The van der Waals surface area contributed by atoms with Crippen LogP contribution in [0.2, 0.25) is 0 Å². The number of fused-ring (bicyclic) bond motifs is 1. The second-order valence-corrected chi connectivity index (χ2v) is 7.46. The molecule has 1 aliphatic rings. The number of benzene rings is 2. The van der Waals surface area contributed by atoms with Gasteiger partial charge in [-0.3, -0.25) is 4.79 Å². The first-order valence-corrected chi connectivity index (χ1v) is 10.2. The monoisotopic (exact) mass is 409 g/mol. The molecule has 30 heavy (non-hydrogen) atoms. The van der Waals surface area contributed by atoms with Crippen LogP contribution >= 0.6 is 0 Å². The number of carbonyl (C=O) groups excluding carboxylic acids is 1. The molecule has 0 aliphatic heterocycles. The molecule has 7 heteroatoms. The second-order valence-electron chi connectivity index (χ2n) is 7.46. The van der Waals surface area contributed by atoms with Crippen molar-refractivity contribution in [2.75, 3.05) is 13.2 Å². The van der Waals surface area contributed by atoms with Gasteiger partial charge in [0.25, 0.3) is 0 Å². The van der Waals surface area contributed by atoms with Crippen molar-refractivity contribution >= 4 is 5.91 Å². The van der Waals surface area contributed by atoms with Crippen molar-refractivity contribution < 1.29 is 18.4 Å². The van der Waals surface area contributed by atoms with Crippen LogP contribution in [0.4, 0.5) is 4.39 Å². The van der Waals surface area contributed by atoms with E-state index in [-0.39, 0.29) is 18.1 Å². The number of ether oxygens (including phenoxy) is 1. The molecule has 1 amide bonds. The highest BCUT2D eigenvalue weighted by Gasteiger charge is 2.13. The van der Waals surface area contributed by atoms with E-state index in [0.29, 0.717) is 42.4 Å². The fourth-order valence-electron chi connectivity index (χ4n) is 3.51. The minimum atomic E-state index is -0.319. The Hall–Kier alpha value is -3.22. The van der Waals surface area contributed by atoms with Crippen LogP contribution in [0.3, 0.4) is 0 Å². The summed E-state index contributed by atoms with van der Waals surface area (Å²) in [6, 6.07) is 11.0. The Balaban J connectivity index is 1.19. The van der Waals surface area contributed by atoms with Gasteiger partial charge in [-0.15, -0.1) is 0 Å². The Bertz CT molecular complexity index is 1050. The highest BCUT2D eigenvalue weighted by molar-refractivity contribution is 5.76. The molecule has 0 unspecified atom stereocenters. The lowest BCUT2D eigenvalue weighted by molar-refractivity contribution is -0.121. The lowest BCUT2D eigenvalue weighted by atomic mass is 10.1. The minimum Gasteiger partial charge on any atom is -0.492 e. The topological polar surface area (TPSA) is 77.2 Å². The molecule has 1 heterocycles. The molecule has 1 aliphatic carbocycles. The lowest BCUT2D eigenvalue weighted by Crippen LogP contribution is -2.28. The lowest BCUT2D eigenvalue weighted by Gasteiger charge is -2.09. The average Bonchev–Trinajstić information content (AvgIpc) is 3.41. The van der Waals surface area contributed by atoms with Crippen molar-refractivity contribution in [2.45, 2.75) is 39.0 Å². The van der Waals surface area contributed by atoms with Crippen LogP contribution in [0.1, 0.15) is 35.4 Å². The average molecular weight is 409 g/mol. The summed E-state index contributed by atoms with van der Waals surface area (Å²) in [5.41, 5.74) is 3.87. The predicted molar refractivity (Wildman–Crippen MR) is 110 cm³/mol. The molecule has 0 fully saturated rings. The Morgan fingerprint density at radius 2 is 2.07 bits per heavy atom. The van der Waals surface area contributed by atoms with Gasteiger partial charge in [-0.25, -0.2) is 4.39 Å². The number of carbonyl (C=O) groups is 1. The van der Waals surface area contributed by atoms with Crippen LogP contribution in [0.15, 0.2) is 40.9 Å². The van der Waals surface area contributed by atoms with Gasteiger partial charge in [0.2, 0.25) is 17.6 Å². The van der Waals surface area contributed by atoms with Gasteiger partial charge in [0.05, 0.1) is 6.54 Å². The summed E-state index contributed by atoms with van der Waals surface area (Å²) in [6.07, 6.45) is 4.01. The third-order valence-corrected chi connectivity index (χ3v) is 5.23. The van der Waals surface area contributed by atoms with Gasteiger partial charge in [0.15, 0.2) is 0 Å². The SMILES string of the molecule is Cc1ccc(-c2noc(CCC(=O)NCCOc3ccc4c(c3)CCC4)n2)cc1F. The number of rotatable bonds is 8. The molecule has 0 bridgehead atoms. The zero-order valence-electron chi connectivity index (χ0n) is 16.9. The number of aromatic nitrogens is 2. The largest absolute Gasteiger partial charge is 0.492 e. The van der Waals surface area contributed by atoms with Crippen LogP contribution in [-0.4, -0.2) is 29.2 Å². The van der Waals surface area contributed by atoms with E-state index < -0.39 is 0 Å². The summed E-state index contributed by atoms with van der Waals surface area (Å²) >= 11 is 0. The summed E-state index contributed by atoms with van der Waals surface area (Å²) in [6.45, 7) is 2.53. The van der Waals surface area contributed by atoms with E-state index in [9.17, 15) is 9.18 Å². The molecule has 1 aromatic heterocycles. The number of hydrogen-bond acceptors (Lipinski definition) is 5. The van der Waals surface area contributed by atoms with E-state index in [1.165, 1.54) is 23.6 Å². The van der Waals surface area contributed by atoms with Crippen molar-refractivity contribution in [3.63, 3.8) is 0 Å². The maximum atomic E-state index is 13.7. The molecule has 2 aromatic carbocycles. The van der Waals surface area contributed by atoms with Gasteiger partial charge in [0, 0.05) is 18.4 Å². The van der Waals surface area contributed by atoms with Crippen molar-refractivity contribution in [1.29, 1.82) is 0 Å². The van der Waals surface area contributed by atoms with Gasteiger partial charge in [0.1, 0.15) is 18.2 Å². The smallest absolute Gasteiger partial charge is 0.227 e. The molecular weight excluding hydrogens is 385 g/mol. The van der Waals surface area contributed by atoms with E-state index in [2.05, 4.69) is 27.6 Å². The van der Waals surface area contributed by atoms with Gasteiger partial charge >= 0.3 is 0 Å². The van der Waals surface area contributed by atoms with Gasteiger partial charge < -0.3 is 14.6 Å². The molecule has 0 atom stereocenters. The third kappa shape index (κ3) is 4.84. The fraction of sp³-hybridized carbons (Fsp3) is 0.348. The molecule has 1 N–H and O–H groups in total. The zero-order valence-corrected chi connectivity index (χ0v) is 16.9. The Labute approximate surface area is 174 Å². The highest BCUT2D eigenvalue weighted by atomic mass is 19.1. The summed E-state index contributed by atoms with van der Waals surface area (Å²) < 4.78 is 24.6. The summed E-state index contributed by atoms with van der Waals surface area (Å²) in [4.78, 5) is 16.3. The van der Waals surface area contributed by atoms with Crippen molar-refractivity contribution in [2.24, 2.45) is 0 Å². The summed E-state index contributed by atoms with van der Waals surface area (Å²) in [5, 5.41) is 6.69. The molecule has 3 aromatic rings. The Morgan fingerprint density at radius 3 is 2.93 bits per heavy atom. The van der Waals surface area contributed by atoms with Gasteiger partial charge in [-0.2, -0.15) is 4.98 Å². The number of nitrogens with one attached hydrogen (secondary N) is 1. The highest BCUT2D eigenvalue weighted by Crippen LogP contribution is 2.26. The van der Waals surface area contributed by atoms with Gasteiger partial charge in [-0.1, -0.05) is 23.4 Å².